The number of carbonyl (C=O) groups excluding carboxylic acids is 1. The second-order valence-electron chi connectivity index (χ2n) is 3.75. The van der Waals surface area contributed by atoms with Gasteiger partial charge in [-0.1, -0.05) is 11.6 Å². The third-order valence-corrected chi connectivity index (χ3v) is 4.42. The van der Waals surface area contributed by atoms with Crippen molar-refractivity contribution in [2.75, 3.05) is 5.32 Å². The van der Waals surface area contributed by atoms with Crippen LogP contribution in [-0.2, 0) is 6.54 Å². The van der Waals surface area contributed by atoms with Crippen molar-refractivity contribution in [3.8, 4) is 0 Å². The van der Waals surface area contributed by atoms with Crippen LogP contribution >= 0.6 is 43.5 Å². The van der Waals surface area contributed by atoms with Crippen molar-refractivity contribution in [3.05, 3.63) is 49.8 Å². The van der Waals surface area contributed by atoms with E-state index in [1.165, 1.54) is 0 Å². The monoisotopic (exact) mass is 406 g/mol. The van der Waals surface area contributed by atoms with E-state index >= 15 is 0 Å². The van der Waals surface area contributed by atoms with Gasteiger partial charge in [0.25, 0.3) is 0 Å². The first kappa shape index (κ1) is 14.4. The van der Waals surface area contributed by atoms with E-state index < -0.39 is 5.91 Å². The number of nitrogens with one attached hydrogen (secondary N) is 1. The number of nitrogens with two attached hydrogens (primary N) is 1. The maximum Gasteiger partial charge on any atom is 0.250 e. The molecule has 1 aromatic heterocycles. The number of hydrogen-bond acceptors (Lipinski definition) is 3. The van der Waals surface area contributed by atoms with Crippen LogP contribution < -0.4 is 11.1 Å². The Morgan fingerprint density at radius 1 is 1.37 bits per heavy atom. The van der Waals surface area contributed by atoms with Crippen molar-refractivity contribution >= 4 is 55.1 Å². The van der Waals surface area contributed by atoms with E-state index in [0.29, 0.717) is 21.8 Å². The molecule has 0 saturated heterocycles. The number of furan rings is 1. The van der Waals surface area contributed by atoms with Crippen molar-refractivity contribution in [2.45, 2.75) is 6.54 Å². The number of halogens is 3. The molecule has 1 amide bonds. The Kier molecular flexibility index (Phi) is 4.54. The summed E-state index contributed by atoms with van der Waals surface area (Å²) >= 11 is 12.6. The average molecular weight is 408 g/mol. The van der Waals surface area contributed by atoms with Gasteiger partial charge in [-0.3, -0.25) is 4.79 Å². The van der Waals surface area contributed by atoms with Crippen molar-refractivity contribution < 1.29 is 9.21 Å². The van der Waals surface area contributed by atoms with Crippen LogP contribution in [-0.4, -0.2) is 5.91 Å². The summed E-state index contributed by atoms with van der Waals surface area (Å²) in [6.45, 7) is 0.496. The summed E-state index contributed by atoms with van der Waals surface area (Å²) in [7, 11) is 0. The lowest BCUT2D eigenvalue weighted by Gasteiger charge is -2.06. The van der Waals surface area contributed by atoms with Gasteiger partial charge >= 0.3 is 0 Å². The number of anilines is 1. The normalized spacial score (nSPS) is 10.5. The standard InChI is InChI=1S/C12H9Br2ClN2O2/c13-9-4-7(19-11(9)14)5-17-6-1-2-8(12(16)18)10(15)3-6/h1-4,17H,5H2,(H2,16,18). The van der Waals surface area contributed by atoms with Crippen LogP contribution in [0.5, 0.6) is 0 Å². The molecule has 0 saturated carbocycles. The lowest BCUT2D eigenvalue weighted by molar-refractivity contribution is 0.100. The van der Waals surface area contributed by atoms with Gasteiger partial charge in [0.2, 0.25) is 5.91 Å². The van der Waals surface area contributed by atoms with Gasteiger partial charge in [-0.05, 0) is 56.1 Å². The summed E-state index contributed by atoms with van der Waals surface area (Å²) in [4.78, 5) is 11.0. The summed E-state index contributed by atoms with van der Waals surface area (Å²) in [5.41, 5.74) is 6.26. The first-order valence-corrected chi connectivity index (χ1v) is 7.20. The minimum Gasteiger partial charge on any atom is -0.451 e. The molecular formula is C12H9Br2ClN2O2. The second-order valence-corrected chi connectivity index (χ2v) is 5.73. The zero-order chi connectivity index (χ0) is 14.0. The third-order valence-electron chi connectivity index (χ3n) is 2.40. The summed E-state index contributed by atoms with van der Waals surface area (Å²) < 4.78 is 6.93. The smallest absolute Gasteiger partial charge is 0.250 e. The Labute approximate surface area is 131 Å². The van der Waals surface area contributed by atoms with Crippen LogP contribution in [0, 0.1) is 0 Å². The molecule has 0 aliphatic heterocycles. The second kappa shape index (κ2) is 5.98. The van der Waals surface area contributed by atoms with Gasteiger partial charge in [0.05, 0.1) is 21.6 Å². The molecule has 4 nitrogen and oxygen atoms in total. The SMILES string of the molecule is NC(=O)c1ccc(NCc2cc(Br)c(Br)o2)cc1Cl. The molecule has 0 unspecified atom stereocenters. The molecule has 0 fully saturated rings. The maximum atomic E-state index is 11.0. The fraction of sp³-hybridized carbons (Fsp3) is 0.0833. The number of amides is 1. The highest BCUT2D eigenvalue weighted by molar-refractivity contribution is 9.13. The molecule has 2 aromatic rings. The molecule has 1 aromatic carbocycles. The first-order valence-electron chi connectivity index (χ1n) is 5.24. The fourth-order valence-corrected chi connectivity index (χ4v) is 2.42. The van der Waals surface area contributed by atoms with Crippen molar-refractivity contribution in [1.29, 1.82) is 0 Å². The zero-order valence-electron chi connectivity index (χ0n) is 9.54. The van der Waals surface area contributed by atoms with E-state index in [4.69, 9.17) is 21.8 Å². The molecule has 0 radical (unpaired) electrons. The fourth-order valence-electron chi connectivity index (χ4n) is 1.49. The summed E-state index contributed by atoms with van der Waals surface area (Å²) in [5.74, 6) is 0.212. The molecule has 0 aliphatic rings. The van der Waals surface area contributed by atoms with Crippen LogP contribution in [0.4, 0.5) is 5.69 Å². The molecule has 0 atom stereocenters. The Morgan fingerprint density at radius 3 is 2.63 bits per heavy atom. The van der Waals surface area contributed by atoms with Crippen molar-refractivity contribution in [1.82, 2.24) is 0 Å². The van der Waals surface area contributed by atoms with Gasteiger partial charge in [-0.25, -0.2) is 0 Å². The molecule has 3 N–H and O–H groups in total. The predicted octanol–water partition coefficient (Wildman–Crippen LogP) is 4.17. The van der Waals surface area contributed by atoms with Gasteiger partial charge in [0.1, 0.15) is 5.76 Å². The van der Waals surface area contributed by atoms with E-state index in [2.05, 4.69) is 37.2 Å². The Bertz CT molecular complexity index is 609. The van der Waals surface area contributed by atoms with Gasteiger partial charge in [0, 0.05) is 5.69 Å². The van der Waals surface area contributed by atoms with Gasteiger partial charge < -0.3 is 15.5 Å². The molecule has 0 spiro atoms. The minimum atomic E-state index is -0.546. The van der Waals surface area contributed by atoms with Crippen LogP contribution in [0.25, 0.3) is 0 Å². The Morgan fingerprint density at radius 2 is 2.11 bits per heavy atom. The van der Waals surface area contributed by atoms with Crippen LogP contribution in [0.1, 0.15) is 16.1 Å². The van der Waals surface area contributed by atoms with Crippen molar-refractivity contribution in [3.63, 3.8) is 0 Å². The third kappa shape index (κ3) is 3.52. The van der Waals surface area contributed by atoms with E-state index in [1.54, 1.807) is 18.2 Å². The molecule has 100 valence electrons. The topological polar surface area (TPSA) is 68.3 Å². The summed E-state index contributed by atoms with van der Waals surface area (Å²) in [6, 6.07) is 6.82. The van der Waals surface area contributed by atoms with E-state index in [0.717, 1.165) is 15.9 Å². The largest absolute Gasteiger partial charge is 0.451 e. The molecular weight excluding hydrogens is 399 g/mol. The number of primary amides is 1. The van der Waals surface area contributed by atoms with E-state index in [1.807, 2.05) is 6.07 Å². The van der Waals surface area contributed by atoms with Gasteiger partial charge in [0.15, 0.2) is 4.67 Å². The minimum absolute atomic E-state index is 0.302. The highest BCUT2D eigenvalue weighted by Crippen LogP contribution is 2.27. The summed E-state index contributed by atoms with van der Waals surface area (Å²) in [5, 5.41) is 3.46. The number of carbonyl (C=O) groups is 1. The molecule has 0 bridgehead atoms. The van der Waals surface area contributed by atoms with Gasteiger partial charge in [-0.2, -0.15) is 0 Å². The lowest BCUT2D eigenvalue weighted by atomic mass is 10.2. The molecule has 1 heterocycles. The molecule has 19 heavy (non-hydrogen) atoms. The van der Waals surface area contributed by atoms with Crippen molar-refractivity contribution in [2.24, 2.45) is 5.73 Å². The number of benzene rings is 1. The zero-order valence-corrected chi connectivity index (χ0v) is 13.5. The predicted molar refractivity (Wildman–Crippen MR) is 81.4 cm³/mol. The molecule has 2 rings (SSSR count). The Hall–Kier alpha value is -0.980. The van der Waals surface area contributed by atoms with E-state index in [-0.39, 0.29) is 0 Å². The quantitative estimate of drug-likeness (QED) is 0.798. The van der Waals surface area contributed by atoms with Crippen LogP contribution in [0.2, 0.25) is 5.02 Å². The highest BCUT2D eigenvalue weighted by Gasteiger charge is 2.08. The highest BCUT2D eigenvalue weighted by atomic mass is 79.9. The van der Waals surface area contributed by atoms with E-state index in [9.17, 15) is 4.79 Å². The molecule has 0 aliphatic carbocycles. The first-order chi connectivity index (χ1) is 8.97. The van der Waals surface area contributed by atoms with Crippen LogP contribution in [0.3, 0.4) is 0 Å². The lowest BCUT2D eigenvalue weighted by Crippen LogP contribution is -2.11. The average Bonchev–Trinajstić information content (AvgIpc) is 2.66. The van der Waals surface area contributed by atoms with Crippen LogP contribution in [0.15, 0.2) is 37.8 Å². The molecule has 7 heteroatoms. The van der Waals surface area contributed by atoms with Gasteiger partial charge in [-0.15, -0.1) is 0 Å². The maximum absolute atomic E-state index is 11.0. The number of hydrogen-bond donors (Lipinski definition) is 2. The number of rotatable bonds is 4. The summed E-state index contributed by atoms with van der Waals surface area (Å²) in [6.07, 6.45) is 0. The Balaban J connectivity index is 2.08.